The van der Waals surface area contributed by atoms with Crippen LogP contribution in [0.15, 0.2) is 30.3 Å². The lowest BCUT2D eigenvalue weighted by Crippen LogP contribution is -2.57. The molecule has 0 bridgehead atoms. The van der Waals surface area contributed by atoms with Crippen molar-refractivity contribution in [1.82, 2.24) is 20.6 Å². The maximum Gasteiger partial charge on any atom is 0.245 e. The van der Waals surface area contributed by atoms with Crippen molar-refractivity contribution in [3.8, 4) is 0 Å². The Kier molecular flexibility index (Phi) is 10.8. The highest BCUT2D eigenvalue weighted by Crippen LogP contribution is 2.29. The van der Waals surface area contributed by atoms with Gasteiger partial charge in [0.2, 0.25) is 11.8 Å². The fraction of sp³-hybridized carbons (Fsp3) is 0.704. The zero-order valence-corrected chi connectivity index (χ0v) is 21.3. The quantitative estimate of drug-likeness (QED) is 0.457. The number of rotatable bonds is 12. The largest absolute Gasteiger partial charge is 0.343 e. The maximum absolute atomic E-state index is 13.9. The average molecular weight is 473 g/mol. The summed E-state index contributed by atoms with van der Waals surface area (Å²) in [4.78, 5) is 34.6. The van der Waals surface area contributed by atoms with E-state index < -0.39 is 6.04 Å². The van der Waals surface area contributed by atoms with Crippen molar-refractivity contribution in [2.75, 3.05) is 33.3 Å². The third kappa shape index (κ3) is 7.52. The monoisotopic (exact) mass is 472 g/mol. The lowest BCUT2D eigenvalue weighted by molar-refractivity contribution is -0.165. The molecule has 1 saturated heterocycles. The molecule has 0 radical (unpaired) electrons. The highest BCUT2D eigenvalue weighted by molar-refractivity contribution is 5.90. The van der Waals surface area contributed by atoms with E-state index in [0.29, 0.717) is 13.2 Å². The van der Waals surface area contributed by atoms with E-state index in [0.717, 1.165) is 58.0 Å². The minimum Gasteiger partial charge on any atom is -0.343 e. The molecule has 3 rings (SSSR count). The zero-order valence-electron chi connectivity index (χ0n) is 21.3. The lowest BCUT2D eigenvalue weighted by Gasteiger charge is -2.36. The van der Waals surface area contributed by atoms with Gasteiger partial charge in [0.05, 0.1) is 12.6 Å². The van der Waals surface area contributed by atoms with E-state index in [1.54, 1.807) is 7.05 Å². The van der Waals surface area contributed by atoms with Gasteiger partial charge in [-0.3, -0.25) is 14.4 Å². The molecule has 3 atom stereocenters. The van der Waals surface area contributed by atoms with Crippen molar-refractivity contribution in [3.63, 3.8) is 0 Å². The van der Waals surface area contributed by atoms with Gasteiger partial charge in [-0.2, -0.15) is 5.06 Å². The summed E-state index contributed by atoms with van der Waals surface area (Å²) in [7, 11) is 1.77. The second-order valence-corrected chi connectivity index (χ2v) is 9.76. The van der Waals surface area contributed by atoms with Crippen LogP contribution in [-0.2, 0) is 20.8 Å². The van der Waals surface area contributed by atoms with E-state index in [4.69, 9.17) is 4.84 Å². The van der Waals surface area contributed by atoms with Crippen LogP contribution in [0.4, 0.5) is 0 Å². The molecule has 7 nitrogen and oxygen atoms in total. The lowest BCUT2D eigenvalue weighted by atomic mass is 9.83. The molecule has 1 aromatic rings. The Morgan fingerprint density at radius 3 is 2.53 bits per heavy atom. The molecule has 0 aromatic heterocycles. The number of nitrogens with one attached hydrogen (secondary N) is 2. The third-order valence-corrected chi connectivity index (χ3v) is 7.39. The molecule has 34 heavy (non-hydrogen) atoms. The standard InChI is InChI=1S/C27H44N4O3/c1-4-34-30(19-17-22-12-7-5-8-13-22)20-24-16-11-18-31(24)27(33)25(23-14-9-6-10-15-23)29-26(32)21(2)28-3/h5,7-8,12-13,21,23-25,28H,4,6,9-11,14-20H2,1-3H3,(H,29,32)/t21-,24?,25-/m0/s1. The summed E-state index contributed by atoms with van der Waals surface area (Å²) in [6, 6.07) is 9.79. The van der Waals surface area contributed by atoms with Crippen LogP contribution in [0, 0.1) is 5.92 Å². The second-order valence-electron chi connectivity index (χ2n) is 9.76. The summed E-state index contributed by atoms with van der Waals surface area (Å²) in [6.45, 7) is 6.69. The average Bonchev–Trinajstić information content (AvgIpc) is 3.34. The second kappa shape index (κ2) is 13.8. The van der Waals surface area contributed by atoms with E-state index in [1.807, 2.05) is 29.9 Å². The van der Waals surface area contributed by atoms with Gasteiger partial charge in [0, 0.05) is 25.7 Å². The SMILES string of the molecule is CCON(CCc1ccccc1)CC1CCCN1C(=O)[C@@H](NC(=O)[C@H](C)NC)C1CCCCC1. The van der Waals surface area contributed by atoms with E-state index in [2.05, 4.69) is 34.9 Å². The number of likely N-dealkylation sites (N-methyl/N-ethyl adjacent to an activating group) is 1. The summed E-state index contributed by atoms with van der Waals surface area (Å²) < 4.78 is 0. The minimum atomic E-state index is -0.436. The Hall–Kier alpha value is -1.96. The van der Waals surface area contributed by atoms with E-state index in [-0.39, 0.29) is 29.8 Å². The van der Waals surface area contributed by atoms with E-state index in [9.17, 15) is 9.59 Å². The Labute approximate surface area is 205 Å². The van der Waals surface area contributed by atoms with Crippen molar-refractivity contribution < 1.29 is 14.4 Å². The summed E-state index contributed by atoms with van der Waals surface area (Å²) in [6.07, 6.45) is 8.36. The Morgan fingerprint density at radius 1 is 1.12 bits per heavy atom. The van der Waals surface area contributed by atoms with Crippen LogP contribution in [0.25, 0.3) is 0 Å². The Bertz CT molecular complexity index is 754. The summed E-state index contributed by atoms with van der Waals surface area (Å²) in [5.41, 5.74) is 1.28. The molecule has 2 amide bonds. The van der Waals surface area contributed by atoms with Crippen LogP contribution in [0.2, 0.25) is 0 Å². The van der Waals surface area contributed by atoms with E-state index in [1.165, 1.54) is 12.0 Å². The Morgan fingerprint density at radius 2 is 1.85 bits per heavy atom. The highest BCUT2D eigenvalue weighted by atomic mass is 16.7. The first-order valence-electron chi connectivity index (χ1n) is 13.2. The molecule has 1 aromatic carbocycles. The summed E-state index contributed by atoms with van der Waals surface area (Å²) in [5.74, 6) is 0.211. The Balaban J connectivity index is 1.67. The number of carbonyl (C=O) groups excluding carboxylic acids is 2. The first-order chi connectivity index (χ1) is 16.5. The maximum atomic E-state index is 13.9. The molecule has 7 heteroatoms. The summed E-state index contributed by atoms with van der Waals surface area (Å²) >= 11 is 0. The van der Waals surface area contributed by atoms with Crippen molar-refractivity contribution in [3.05, 3.63) is 35.9 Å². The zero-order chi connectivity index (χ0) is 24.3. The van der Waals surface area contributed by atoms with Gasteiger partial charge in [0.15, 0.2) is 0 Å². The molecule has 1 saturated carbocycles. The number of amides is 2. The molecule has 2 N–H and O–H groups in total. The molecular formula is C27H44N4O3. The fourth-order valence-electron chi connectivity index (χ4n) is 5.28. The van der Waals surface area contributed by atoms with Crippen molar-refractivity contribution in [1.29, 1.82) is 0 Å². The molecular weight excluding hydrogens is 428 g/mol. The smallest absolute Gasteiger partial charge is 0.245 e. The van der Waals surface area contributed by atoms with Gasteiger partial charge in [-0.05, 0) is 64.5 Å². The van der Waals surface area contributed by atoms with Crippen LogP contribution in [0.3, 0.4) is 0 Å². The number of likely N-dealkylation sites (tertiary alicyclic amines) is 1. The highest BCUT2D eigenvalue weighted by Gasteiger charge is 2.39. The molecule has 190 valence electrons. The third-order valence-electron chi connectivity index (χ3n) is 7.39. The van der Waals surface area contributed by atoms with Crippen molar-refractivity contribution in [2.24, 2.45) is 5.92 Å². The predicted octanol–water partition coefficient (Wildman–Crippen LogP) is 3.15. The number of hydrogen-bond acceptors (Lipinski definition) is 5. The molecule has 1 aliphatic carbocycles. The van der Waals surface area contributed by atoms with Crippen molar-refractivity contribution >= 4 is 11.8 Å². The van der Waals surface area contributed by atoms with Gasteiger partial charge in [-0.1, -0.05) is 49.6 Å². The van der Waals surface area contributed by atoms with Crippen LogP contribution in [0.5, 0.6) is 0 Å². The van der Waals surface area contributed by atoms with Gasteiger partial charge in [0.1, 0.15) is 6.04 Å². The first-order valence-corrected chi connectivity index (χ1v) is 13.2. The van der Waals surface area contributed by atoms with Crippen LogP contribution >= 0.6 is 0 Å². The number of hydrogen-bond donors (Lipinski definition) is 2. The molecule has 0 spiro atoms. The molecule has 1 unspecified atom stereocenters. The topological polar surface area (TPSA) is 73.9 Å². The minimum absolute atomic E-state index is 0.0885. The molecule has 1 heterocycles. The number of carbonyl (C=O) groups is 2. The molecule has 1 aliphatic heterocycles. The van der Waals surface area contributed by atoms with Crippen LogP contribution in [0.1, 0.15) is 64.4 Å². The summed E-state index contributed by atoms with van der Waals surface area (Å²) in [5, 5.41) is 8.15. The number of nitrogens with zero attached hydrogens (tertiary/aromatic N) is 2. The molecule has 2 fully saturated rings. The van der Waals surface area contributed by atoms with E-state index >= 15 is 0 Å². The van der Waals surface area contributed by atoms with Crippen LogP contribution in [-0.4, -0.2) is 73.2 Å². The fourth-order valence-corrected chi connectivity index (χ4v) is 5.28. The normalized spacial score (nSPS) is 20.9. The van der Waals surface area contributed by atoms with Gasteiger partial charge in [-0.25, -0.2) is 0 Å². The number of benzene rings is 1. The van der Waals surface area contributed by atoms with Gasteiger partial charge >= 0.3 is 0 Å². The van der Waals surface area contributed by atoms with Crippen LogP contribution < -0.4 is 10.6 Å². The molecule has 2 aliphatic rings. The van der Waals surface area contributed by atoms with Gasteiger partial charge in [-0.15, -0.1) is 0 Å². The van der Waals surface area contributed by atoms with Gasteiger partial charge in [0.25, 0.3) is 0 Å². The van der Waals surface area contributed by atoms with Crippen molar-refractivity contribution in [2.45, 2.75) is 83.3 Å². The number of hydroxylamine groups is 2. The predicted molar refractivity (Wildman–Crippen MR) is 135 cm³/mol. The van der Waals surface area contributed by atoms with Gasteiger partial charge < -0.3 is 15.5 Å². The first kappa shape index (κ1) is 26.6.